The number of alkyl halides is 6. The Hall–Kier alpha value is -2.34. The SMILES string of the molecule is O=S(=O)(c1cccc(C(F)(F)F)c1)N1CCN(c2cc(C(F)(F)F)ccn2)CC1. The fourth-order valence-electron chi connectivity index (χ4n) is 2.91. The molecule has 2 heterocycles. The van der Waals surface area contributed by atoms with Crippen molar-refractivity contribution in [3.8, 4) is 0 Å². The van der Waals surface area contributed by atoms with Gasteiger partial charge in [-0.25, -0.2) is 13.4 Å². The highest BCUT2D eigenvalue weighted by molar-refractivity contribution is 7.89. The van der Waals surface area contributed by atoms with Crippen molar-refractivity contribution in [3.05, 3.63) is 53.7 Å². The molecule has 0 atom stereocenters. The van der Waals surface area contributed by atoms with Gasteiger partial charge < -0.3 is 4.90 Å². The second-order valence-electron chi connectivity index (χ2n) is 6.32. The van der Waals surface area contributed by atoms with Gasteiger partial charge in [0.25, 0.3) is 0 Å². The number of nitrogens with zero attached hydrogens (tertiary/aromatic N) is 3. The number of benzene rings is 1. The minimum atomic E-state index is -4.68. The summed E-state index contributed by atoms with van der Waals surface area (Å²) in [5.74, 6) is 0.0518. The topological polar surface area (TPSA) is 53.5 Å². The molecule has 1 aromatic heterocycles. The molecule has 1 saturated heterocycles. The van der Waals surface area contributed by atoms with E-state index >= 15 is 0 Å². The standard InChI is InChI=1S/C17H15F6N3O2S/c18-16(19,20)12-2-1-3-14(10-12)29(27,28)26-8-6-25(7-9-26)15-11-13(4-5-24-15)17(21,22)23/h1-5,10-11H,6-9H2. The van der Waals surface area contributed by atoms with Crippen LogP contribution in [0.4, 0.5) is 32.2 Å². The normalized spacial score (nSPS) is 16.8. The Bertz CT molecular complexity index is 983. The van der Waals surface area contributed by atoms with Crippen molar-refractivity contribution in [1.29, 1.82) is 0 Å². The lowest BCUT2D eigenvalue weighted by Crippen LogP contribution is -2.49. The predicted molar refractivity (Wildman–Crippen MR) is 91.7 cm³/mol. The van der Waals surface area contributed by atoms with Crippen molar-refractivity contribution in [2.75, 3.05) is 31.1 Å². The molecule has 2 aromatic rings. The van der Waals surface area contributed by atoms with Crippen LogP contribution >= 0.6 is 0 Å². The highest BCUT2D eigenvalue weighted by atomic mass is 32.2. The Labute approximate surface area is 162 Å². The number of hydrogen-bond donors (Lipinski definition) is 0. The van der Waals surface area contributed by atoms with Crippen LogP contribution < -0.4 is 4.90 Å². The van der Waals surface area contributed by atoms with Crippen LogP contribution in [-0.2, 0) is 22.4 Å². The summed E-state index contributed by atoms with van der Waals surface area (Å²) in [4.78, 5) is 4.90. The number of halogens is 6. The Morgan fingerprint density at radius 1 is 0.828 bits per heavy atom. The zero-order chi connectivity index (χ0) is 21.4. The van der Waals surface area contributed by atoms with E-state index < -0.39 is 38.4 Å². The van der Waals surface area contributed by atoms with E-state index in [0.717, 1.165) is 40.8 Å². The zero-order valence-electron chi connectivity index (χ0n) is 14.7. The predicted octanol–water partition coefficient (Wildman–Crippen LogP) is 3.63. The quantitative estimate of drug-likeness (QED) is 0.686. The molecule has 1 aliphatic heterocycles. The average molecular weight is 439 g/mol. The van der Waals surface area contributed by atoms with Crippen molar-refractivity contribution >= 4 is 15.8 Å². The maximum Gasteiger partial charge on any atom is 0.416 e. The first kappa shape index (κ1) is 21.4. The number of piperazine rings is 1. The van der Waals surface area contributed by atoms with E-state index in [-0.39, 0.29) is 32.0 Å². The Kier molecular flexibility index (Phi) is 5.52. The summed E-state index contributed by atoms with van der Waals surface area (Å²) < 4.78 is 103. The highest BCUT2D eigenvalue weighted by Gasteiger charge is 2.35. The number of anilines is 1. The number of sulfonamides is 1. The molecule has 0 unspecified atom stereocenters. The van der Waals surface area contributed by atoms with Gasteiger partial charge in [-0.05, 0) is 30.3 Å². The third-order valence-corrected chi connectivity index (χ3v) is 6.33. The lowest BCUT2D eigenvalue weighted by atomic mass is 10.2. The van der Waals surface area contributed by atoms with Crippen LogP contribution in [0.25, 0.3) is 0 Å². The van der Waals surface area contributed by atoms with Gasteiger partial charge in [0.2, 0.25) is 10.0 Å². The number of hydrogen-bond acceptors (Lipinski definition) is 4. The molecule has 1 fully saturated rings. The van der Waals surface area contributed by atoms with E-state index in [2.05, 4.69) is 4.98 Å². The Morgan fingerprint density at radius 3 is 2.00 bits per heavy atom. The van der Waals surface area contributed by atoms with Gasteiger partial charge in [-0.3, -0.25) is 0 Å². The van der Waals surface area contributed by atoms with Gasteiger partial charge in [0.05, 0.1) is 16.0 Å². The summed E-state index contributed by atoms with van der Waals surface area (Å²) in [5, 5.41) is 0. The summed E-state index contributed by atoms with van der Waals surface area (Å²) in [6, 6.07) is 5.13. The van der Waals surface area contributed by atoms with E-state index in [1.54, 1.807) is 0 Å². The molecule has 0 radical (unpaired) electrons. The van der Waals surface area contributed by atoms with Crippen LogP contribution in [-0.4, -0.2) is 43.9 Å². The molecule has 158 valence electrons. The number of pyridine rings is 1. The molecule has 1 aliphatic rings. The second-order valence-corrected chi connectivity index (χ2v) is 8.26. The Balaban J connectivity index is 1.75. The number of rotatable bonds is 3. The van der Waals surface area contributed by atoms with E-state index in [1.807, 2.05) is 0 Å². The van der Waals surface area contributed by atoms with Gasteiger partial charge in [-0.1, -0.05) is 6.07 Å². The lowest BCUT2D eigenvalue weighted by Gasteiger charge is -2.34. The van der Waals surface area contributed by atoms with Gasteiger partial charge in [0, 0.05) is 32.4 Å². The summed E-state index contributed by atoms with van der Waals surface area (Å²) >= 11 is 0. The molecule has 0 aliphatic carbocycles. The van der Waals surface area contributed by atoms with Crippen molar-refractivity contribution in [1.82, 2.24) is 9.29 Å². The zero-order valence-corrected chi connectivity index (χ0v) is 15.5. The molecule has 0 saturated carbocycles. The molecule has 0 N–H and O–H groups in total. The van der Waals surface area contributed by atoms with Crippen LogP contribution in [0.1, 0.15) is 11.1 Å². The average Bonchev–Trinajstić information content (AvgIpc) is 2.67. The molecule has 0 spiro atoms. The van der Waals surface area contributed by atoms with Gasteiger partial charge in [0.1, 0.15) is 5.82 Å². The third kappa shape index (κ3) is 4.64. The van der Waals surface area contributed by atoms with E-state index in [1.165, 1.54) is 4.90 Å². The number of aromatic nitrogens is 1. The molecule has 12 heteroatoms. The third-order valence-electron chi connectivity index (χ3n) is 4.43. The van der Waals surface area contributed by atoms with Crippen LogP contribution in [0.3, 0.4) is 0 Å². The minimum Gasteiger partial charge on any atom is -0.354 e. The van der Waals surface area contributed by atoms with Crippen molar-refractivity contribution in [3.63, 3.8) is 0 Å². The van der Waals surface area contributed by atoms with Crippen LogP contribution in [0.15, 0.2) is 47.5 Å². The molecule has 1 aromatic carbocycles. The van der Waals surface area contributed by atoms with Crippen molar-refractivity contribution < 1.29 is 34.8 Å². The molecule has 29 heavy (non-hydrogen) atoms. The van der Waals surface area contributed by atoms with Gasteiger partial charge in [0.15, 0.2) is 0 Å². The molecule has 5 nitrogen and oxygen atoms in total. The van der Waals surface area contributed by atoms with E-state index in [0.29, 0.717) is 6.07 Å². The fraction of sp³-hybridized carbons (Fsp3) is 0.353. The smallest absolute Gasteiger partial charge is 0.354 e. The monoisotopic (exact) mass is 439 g/mol. The minimum absolute atomic E-state index is 0.0481. The van der Waals surface area contributed by atoms with Gasteiger partial charge >= 0.3 is 12.4 Å². The summed E-state index contributed by atoms with van der Waals surface area (Å²) in [5.41, 5.74) is -1.95. The van der Waals surface area contributed by atoms with Gasteiger partial charge in [-0.2, -0.15) is 30.6 Å². The molecular formula is C17H15F6N3O2S. The Morgan fingerprint density at radius 2 is 1.41 bits per heavy atom. The highest BCUT2D eigenvalue weighted by Crippen LogP contribution is 2.32. The van der Waals surface area contributed by atoms with Crippen molar-refractivity contribution in [2.24, 2.45) is 0 Å². The van der Waals surface area contributed by atoms with Crippen molar-refractivity contribution in [2.45, 2.75) is 17.2 Å². The molecule has 0 bridgehead atoms. The maximum atomic E-state index is 12.9. The second kappa shape index (κ2) is 7.48. The summed E-state index contributed by atoms with van der Waals surface area (Å²) in [6.45, 7) is -0.105. The first-order valence-corrected chi connectivity index (χ1v) is 9.79. The molecular weight excluding hydrogens is 424 g/mol. The van der Waals surface area contributed by atoms with Gasteiger partial charge in [-0.15, -0.1) is 0 Å². The molecule has 0 amide bonds. The first-order valence-electron chi connectivity index (χ1n) is 8.34. The van der Waals surface area contributed by atoms with Crippen LogP contribution in [0.2, 0.25) is 0 Å². The van der Waals surface area contributed by atoms with Crippen LogP contribution in [0, 0.1) is 0 Å². The lowest BCUT2D eigenvalue weighted by molar-refractivity contribution is -0.138. The van der Waals surface area contributed by atoms with Crippen LogP contribution in [0.5, 0.6) is 0 Å². The fourth-order valence-corrected chi connectivity index (χ4v) is 4.38. The summed E-state index contributed by atoms with van der Waals surface area (Å²) in [6.07, 6.45) is -8.20. The van der Waals surface area contributed by atoms with E-state index in [9.17, 15) is 34.8 Å². The maximum absolute atomic E-state index is 12.9. The summed E-state index contributed by atoms with van der Waals surface area (Å²) in [7, 11) is -4.18. The molecule has 3 rings (SSSR count). The first-order chi connectivity index (χ1) is 13.4. The largest absolute Gasteiger partial charge is 0.416 e. The van der Waals surface area contributed by atoms with E-state index in [4.69, 9.17) is 0 Å².